The van der Waals surface area contributed by atoms with Crippen LogP contribution in [0.3, 0.4) is 0 Å². The lowest BCUT2D eigenvalue weighted by Gasteiger charge is -2.17. The Morgan fingerprint density at radius 1 is 1.41 bits per heavy atom. The van der Waals surface area contributed by atoms with Crippen LogP contribution in [0.2, 0.25) is 0 Å². The molecule has 6 heteroatoms. The first-order chi connectivity index (χ1) is 8.06. The third kappa shape index (κ3) is 3.41. The first-order valence-electron chi connectivity index (χ1n) is 6.08. The Morgan fingerprint density at radius 3 is 2.71 bits per heavy atom. The second kappa shape index (κ2) is 5.01. The van der Waals surface area contributed by atoms with Gasteiger partial charge in [-0.1, -0.05) is 0 Å². The predicted octanol–water partition coefficient (Wildman–Crippen LogP) is -0.859. The van der Waals surface area contributed by atoms with E-state index in [-0.39, 0.29) is 18.4 Å². The summed E-state index contributed by atoms with van der Waals surface area (Å²) in [5.74, 6) is -1.39. The number of carbonyl (C=O) groups excluding carboxylic acids is 1. The first kappa shape index (κ1) is 12.3. The summed E-state index contributed by atoms with van der Waals surface area (Å²) in [6, 6.07) is -0.102. The van der Waals surface area contributed by atoms with Gasteiger partial charge in [0, 0.05) is 25.2 Å². The predicted molar refractivity (Wildman–Crippen MR) is 61.4 cm³/mol. The molecule has 0 aromatic carbocycles. The molecule has 1 heterocycles. The monoisotopic (exact) mass is 241 g/mol. The molecule has 1 amide bonds. The first-order valence-corrected chi connectivity index (χ1v) is 6.08. The molecule has 1 saturated carbocycles. The Kier molecular flexibility index (Phi) is 3.63. The highest BCUT2D eigenvalue weighted by molar-refractivity contribution is 5.86. The van der Waals surface area contributed by atoms with Crippen molar-refractivity contribution in [3.05, 3.63) is 0 Å². The van der Waals surface area contributed by atoms with Crippen molar-refractivity contribution in [3.63, 3.8) is 0 Å². The topological polar surface area (TPSA) is 95.7 Å². The minimum Gasteiger partial charge on any atom is -0.481 e. The maximum Gasteiger partial charge on any atom is 0.305 e. The molecule has 96 valence electrons. The van der Waals surface area contributed by atoms with Gasteiger partial charge in [0.2, 0.25) is 5.91 Å². The molecule has 2 fully saturated rings. The average molecular weight is 241 g/mol. The van der Waals surface area contributed by atoms with Gasteiger partial charge in [0.05, 0.1) is 12.5 Å². The highest BCUT2D eigenvalue weighted by Gasteiger charge is 2.35. The van der Waals surface area contributed by atoms with Crippen LogP contribution in [0.15, 0.2) is 0 Å². The van der Waals surface area contributed by atoms with Gasteiger partial charge >= 0.3 is 5.97 Å². The zero-order valence-corrected chi connectivity index (χ0v) is 9.76. The molecule has 4 N–H and O–H groups in total. The van der Waals surface area contributed by atoms with Crippen molar-refractivity contribution in [2.24, 2.45) is 5.73 Å². The SMILES string of the molecule is NC(CC(=O)O)C(=O)NC1CCN(C2CC2)C1. The van der Waals surface area contributed by atoms with Gasteiger partial charge in [-0.25, -0.2) is 0 Å². The van der Waals surface area contributed by atoms with Crippen molar-refractivity contribution in [3.8, 4) is 0 Å². The van der Waals surface area contributed by atoms with E-state index in [1.54, 1.807) is 0 Å². The number of carboxylic acids is 1. The summed E-state index contributed by atoms with van der Waals surface area (Å²) >= 11 is 0. The van der Waals surface area contributed by atoms with Crippen LogP contribution in [-0.4, -0.2) is 53.1 Å². The normalized spacial score (nSPS) is 26.8. The lowest BCUT2D eigenvalue weighted by Crippen LogP contribution is -2.47. The summed E-state index contributed by atoms with van der Waals surface area (Å²) in [6.07, 6.45) is 3.14. The van der Waals surface area contributed by atoms with Gasteiger partial charge in [0.15, 0.2) is 0 Å². The summed E-state index contributed by atoms with van der Waals surface area (Å²) in [7, 11) is 0. The largest absolute Gasteiger partial charge is 0.481 e. The molecule has 2 atom stereocenters. The Labute approximate surface area is 100 Å². The number of nitrogens with one attached hydrogen (secondary N) is 1. The molecule has 0 aromatic heterocycles. The van der Waals surface area contributed by atoms with E-state index in [0.29, 0.717) is 6.04 Å². The molecule has 2 aliphatic rings. The van der Waals surface area contributed by atoms with Gasteiger partial charge in [0.1, 0.15) is 0 Å². The fourth-order valence-electron chi connectivity index (χ4n) is 2.27. The number of nitrogens with zero attached hydrogens (tertiary/aromatic N) is 1. The number of aliphatic carboxylic acids is 1. The van der Waals surface area contributed by atoms with E-state index in [9.17, 15) is 9.59 Å². The Bertz CT molecular complexity index is 317. The van der Waals surface area contributed by atoms with Crippen LogP contribution in [-0.2, 0) is 9.59 Å². The number of likely N-dealkylation sites (tertiary alicyclic amines) is 1. The van der Waals surface area contributed by atoms with Gasteiger partial charge < -0.3 is 16.2 Å². The molecule has 1 aliphatic heterocycles. The Morgan fingerprint density at radius 2 is 2.12 bits per heavy atom. The standard InChI is InChI=1S/C11H19N3O3/c12-9(5-10(15)16)11(17)13-7-3-4-14(6-7)8-1-2-8/h7-9H,1-6,12H2,(H,13,17)(H,15,16). The van der Waals surface area contributed by atoms with Crippen molar-refractivity contribution in [1.82, 2.24) is 10.2 Å². The van der Waals surface area contributed by atoms with Crippen LogP contribution in [0.5, 0.6) is 0 Å². The number of amides is 1. The second-order valence-corrected chi connectivity index (χ2v) is 4.92. The maximum absolute atomic E-state index is 11.6. The Hall–Kier alpha value is -1.14. The lowest BCUT2D eigenvalue weighted by molar-refractivity contribution is -0.139. The summed E-state index contributed by atoms with van der Waals surface area (Å²) in [5, 5.41) is 11.4. The quantitative estimate of drug-likeness (QED) is 0.582. The molecule has 0 spiro atoms. The number of carboxylic acid groups (broad SMARTS) is 1. The van der Waals surface area contributed by atoms with Gasteiger partial charge in [-0.3, -0.25) is 14.5 Å². The van der Waals surface area contributed by atoms with Gasteiger partial charge in [-0.15, -0.1) is 0 Å². The molecule has 2 rings (SSSR count). The van der Waals surface area contributed by atoms with Crippen LogP contribution >= 0.6 is 0 Å². The third-order valence-electron chi connectivity index (χ3n) is 3.36. The lowest BCUT2D eigenvalue weighted by atomic mass is 10.2. The van der Waals surface area contributed by atoms with Crippen molar-refractivity contribution in [2.75, 3.05) is 13.1 Å². The van der Waals surface area contributed by atoms with Gasteiger partial charge in [-0.05, 0) is 19.3 Å². The molecule has 1 saturated heterocycles. The molecule has 17 heavy (non-hydrogen) atoms. The molecule has 0 radical (unpaired) electrons. The Balaban J connectivity index is 1.73. The van der Waals surface area contributed by atoms with Crippen LogP contribution in [0.1, 0.15) is 25.7 Å². The van der Waals surface area contributed by atoms with Crippen molar-refractivity contribution in [1.29, 1.82) is 0 Å². The summed E-state index contributed by atoms with van der Waals surface area (Å²) in [5.41, 5.74) is 5.50. The van der Waals surface area contributed by atoms with E-state index in [1.807, 2.05) is 0 Å². The van der Waals surface area contributed by atoms with Gasteiger partial charge in [0.25, 0.3) is 0 Å². The van der Waals surface area contributed by atoms with Crippen LogP contribution < -0.4 is 11.1 Å². The molecule has 6 nitrogen and oxygen atoms in total. The van der Waals surface area contributed by atoms with E-state index >= 15 is 0 Å². The molecule has 0 aromatic rings. The molecular weight excluding hydrogens is 222 g/mol. The van der Waals surface area contributed by atoms with E-state index < -0.39 is 12.0 Å². The van der Waals surface area contributed by atoms with E-state index in [2.05, 4.69) is 10.2 Å². The molecular formula is C11H19N3O3. The molecule has 1 aliphatic carbocycles. The maximum atomic E-state index is 11.6. The summed E-state index contributed by atoms with van der Waals surface area (Å²) in [4.78, 5) is 24.4. The van der Waals surface area contributed by atoms with E-state index in [4.69, 9.17) is 10.8 Å². The van der Waals surface area contributed by atoms with E-state index in [0.717, 1.165) is 19.5 Å². The van der Waals surface area contributed by atoms with Crippen molar-refractivity contribution < 1.29 is 14.7 Å². The number of rotatable bonds is 5. The zero-order chi connectivity index (χ0) is 12.4. The smallest absolute Gasteiger partial charge is 0.305 e. The second-order valence-electron chi connectivity index (χ2n) is 4.92. The van der Waals surface area contributed by atoms with Crippen LogP contribution in [0.4, 0.5) is 0 Å². The number of hydrogen-bond acceptors (Lipinski definition) is 4. The summed E-state index contributed by atoms with van der Waals surface area (Å²) < 4.78 is 0. The van der Waals surface area contributed by atoms with E-state index in [1.165, 1.54) is 12.8 Å². The third-order valence-corrected chi connectivity index (χ3v) is 3.36. The molecule has 2 unspecified atom stereocenters. The minimum absolute atomic E-state index is 0.128. The fourth-order valence-corrected chi connectivity index (χ4v) is 2.27. The van der Waals surface area contributed by atoms with Crippen molar-refractivity contribution >= 4 is 11.9 Å². The highest BCUT2D eigenvalue weighted by atomic mass is 16.4. The number of nitrogens with two attached hydrogens (primary N) is 1. The average Bonchev–Trinajstić information content (AvgIpc) is 2.99. The van der Waals surface area contributed by atoms with Crippen molar-refractivity contribution in [2.45, 2.75) is 43.8 Å². The number of carbonyl (C=O) groups is 2. The van der Waals surface area contributed by atoms with Crippen LogP contribution in [0, 0.1) is 0 Å². The van der Waals surface area contributed by atoms with Gasteiger partial charge in [-0.2, -0.15) is 0 Å². The fraction of sp³-hybridized carbons (Fsp3) is 0.818. The number of hydrogen-bond donors (Lipinski definition) is 3. The summed E-state index contributed by atoms with van der Waals surface area (Å²) in [6.45, 7) is 1.89. The zero-order valence-electron chi connectivity index (χ0n) is 9.76. The molecule has 0 bridgehead atoms. The van der Waals surface area contributed by atoms with Crippen LogP contribution in [0.25, 0.3) is 0 Å². The minimum atomic E-state index is -1.04. The highest BCUT2D eigenvalue weighted by Crippen LogP contribution is 2.29.